The molecule has 1 saturated heterocycles. The second-order valence-corrected chi connectivity index (χ2v) is 7.66. The Labute approximate surface area is 180 Å². The predicted molar refractivity (Wildman–Crippen MR) is 113 cm³/mol. The number of ether oxygens (including phenoxy) is 1. The molecule has 0 spiro atoms. The van der Waals surface area contributed by atoms with Crippen molar-refractivity contribution in [3.05, 3.63) is 81.5 Å². The number of aliphatic hydroxyl groups excluding tert-OH is 1. The molecular weight excluding hydrogens is 452 g/mol. The van der Waals surface area contributed by atoms with Crippen LogP contribution in [0, 0.1) is 6.92 Å². The van der Waals surface area contributed by atoms with Crippen molar-refractivity contribution in [1.82, 2.24) is 5.16 Å². The Balaban J connectivity index is 1.92. The maximum atomic E-state index is 13.0. The first kappa shape index (κ1) is 19.9. The van der Waals surface area contributed by atoms with Crippen molar-refractivity contribution >= 4 is 39.2 Å². The number of benzene rings is 2. The summed E-state index contributed by atoms with van der Waals surface area (Å²) in [6.07, 6.45) is 0. The van der Waals surface area contributed by atoms with Crippen molar-refractivity contribution < 1.29 is 24.0 Å². The number of carbonyl (C=O) groups is 2. The summed E-state index contributed by atoms with van der Waals surface area (Å²) in [5.41, 5.74) is 1.01. The molecule has 4 rings (SSSR count). The number of hydrogen-bond acceptors (Lipinski definition) is 6. The van der Waals surface area contributed by atoms with Gasteiger partial charge in [-0.15, -0.1) is 0 Å². The van der Waals surface area contributed by atoms with E-state index in [1.807, 2.05) is 6.07 Å². The Morgan fingerprint density at radius 1 is 1.17 bits per heavy atom. The average Bonchev–Trinajstić information content (AvgIpc) is 3.28. The highest BCUT2D eigenvalue weighted by Crippen LogP contribution is 2.42. The van der Waals surface area contributed by atoms with Crippen LogP contribution in [0.15, 0.2) is 69.2 Å². The fraction of sp³-hybridized carbons (Fsp3) is 0.136. The summed E-state index contributed by atoms with van der Waals surface area (Å²) in [5, 5.41) is 14.9. The Morgan fingerprint density at radius 3 is 2.50 bits per heavy atom. The zero-order valence-corrected chi connectivity index (χ0v) is 17.7. The van der Waals surface area contributed by atoms with Crippen LogP contribution in [0.3, 0.4) is 0 Å². The molecule has 0 bridgehead atoms. The Bertz CT molecular complexity index is 1170. The number of aryl methyl sites for hydroxylation is 1. The van der Waals surface area contributed by atoms with Crippen molar-refractivity contribution in [3.63, 3.8) is 0 Å². The predicted octanol–water partition coefficient (Wildman–Crippen LogP) is 4.38. The first-order valence-electron chi connectivity index (χ1n) is 9.05. The summed E-state index contributed by atoms with van der Waals surface area (Å²) in [5.74, 6) is -0.557. The summed E-state index contributed by atoms with van der Waals surface area (Å²) < 4.78 is 11.0. The minimum absolute atomic E-state index is 0.0241. The molecule has 1 amide bonds. The highest BCUT2D eigenvalue weighted by Gasteiger charge is 2.48. The number of amides is 1. The van der Waals surface area contributed by atoms with Gasteiger partial charge < -0.3 is 14.4 Å². The molecule has 1 aromatic heterocycles. The molecule has 1 atom stereocenters. The number of methoxy groups -OCH3 is 1. The molecule has 30 heavy (non-hydrogen) atoms. The van der Waals surface area contributed by atoms with Crippen LogP contribution in [0.1, 0.15) is 22.9 Å². The summed E-state index contributed by atoms with van der Waals surface area (Å²) in [7, 11) is 1.54. The number of hydrogen-bond donors (Lipinski definition) is 1. The monoisotopic (exact) mass is 468 g/mol. The number of anilines is 1. The fourth-order valence-corrected chi connectivity index (χ4v) is 3.85. The zero-order valence-electron chi connectivity index (χ0n) is 16.1. The summed E-state index contributed by atoms with van der Waals surface area (Å²) in [4.78, 5) is 27.2. The molecule has 0 aliphatic carbocycles. The van der Waals surface area contributed by atoms with Gasteiger partial charge in [-0.3, -0.25) is 14.5 Å². The summed E-state index contributed by atoms with van der Waals surface area (Å²) in [6, 6.07) is 14.5. The van der Waals surface area contributed by atoms with E-state index in [4.69, 9.17) is 9.26 Å². The van der Waals surface area contributed by atoms with E-state index in [1.54, 1.807) is 55.5 Å². The van der Waals surface area contributed by atoms with Gasteiger partial charge in [-0.1, -0.05) is 33.2 Å². The van der Waals surface area contributed by atoms with E-state index in [-0.39, 0.29) is 17.2 Å². The summed E-state index contributed by atoms with van der Waals surface area (Å²) >= 11 is 3.42. The number of halogens is 1. The average molecular weight is 469 g/mol. The maximum absolute atomic E-state index is 13.0. The Morgan fingerprint density at radius 2 is 1.90 bits per heavy atom. The molecule has 3 aromatic rings. The minimum Gasteiger partial charge on any atom is -0.507 e. The van der Waals surface area contributed by atoms with Crippen LogP contribution in [0.25, 0.3) is 5.76 Å². The molecule has 0 unspecified atom stereocenters. The highest BCUT2D eigenvalue weighted by molar-refractivity contribution is 9.10. The van der Waals surface area contributed by atoms with E-state index in [1.165, 1.54) is 12.0 Å². The van der Waals surface area contributed by atoms with E-state index in [2.05, 4.69) is 21.1 Å². The van der Waals surface area contributed by atoms with Gasteiger partial charge in [-0.25, -0.2) is 0 Å². The molecule has 2 aromatic carbocycles. The number of rotatable bonds is 4. The lowest BCUT2D eigenvalue weighted by molar-refractivity contribution is -0.132. The number of carbonyl (C=O) groups excluding carboxylic acids is 2. The van der Waals surface area contributed by atoms with Crippen molar-refractivity contribution in [3.8, 4) is 5.75 Å². The SMILES string of the molecule is COc1ccc(/C(O)=C2\C(=O)C(=O)N(c3cc(C)on3)[C@@H]2c2cccc(Br)c2)cc1. The second kappa shape index (κ2) is 7.79. The lowest BCUT2D eigenvalue weighted by Gasteiger charge is -2.23. The largest absolute Gasteiger partial charge is 0.507 e. The van der Waals surface area contributed by atoms with Crippen molar-refractivity contribution in [1.29, 1.82) is 0 Å². The van der Waals surface area contributed by atoms with Gasteiger partial charge in [-0.2, -0.15) is 0 Å². The van der Waals surface area contributed by atoms with Crippen LogP contribution in [-0.4, -0.2) is 29.1 Å². The third-order valence-electron chi connectivity index (χ3n) is 4.83. The van der Waals surface area contributed by atoms with Crippen molar-refractivity contribution in [2.45, 2.75) is 13.0 Å². The van der Waals surface area contributed by atoms with E-state index in [0.717, 1.165) is 4.47 Å². The molecule has 152 valence electrons. The van der Waals surface area contributed by atoms with E-state index in [0.29, 0.717) is 22.6 Å². The molecule has 0 saturated carbocycles. The first-order valence-corrected chi connectivity index (χ1v) is 9.84. The van der Waals surface area contributed by atoms with Gasteiger partial charge >= 0.3 is 5.91 Å². The lowest BCUT2D eigenvalue weighted by Crippen LogP contribution is -2.29. The Hall–Kier alpha value is -3.39. The van der Waals surface area contributed by atoms with Gasteiger partial charge in [0.1, 0.15) is 17.3 Å². The molecule has 0 radical (unpaired) electrons. The van der Waals surface area contributed by atoms with Gasteiger partial charge in [0.15, 0.2) is 5.82 Å². The third kappa shape index (κ3) is 3.39. The number of aliphatic hydroxyl groups is 1. The molecular formula is C22H17BrN2O5. The minimum atomic E-state index is -0.867. The molecule has 1 fully saturated rings. The normalized spacial score (nSPS) is 18.1. The van der Waals surface area contributed by atoms with Crippen molar-refractivity contribution in [2.24, 2.45) is 0 Å². The van der Waals surface area contributed by atoms with E-state index in [9.17, 15) is 14.7 Å². The topological polar surface area (TPSA) is 92.9 Å². The fourth-order valence-electron chi connectivity index (χ4n) is 3.43. The van der Waals surface area contributed by atoms with Crippen LogP contribution in [0.4, 0.5) is 5.82 Å². The van der Waals surface area contributed by atoms with Gasteiger partial charge in [0.05, 0.1) is 18.7 Å². The number of aromatic nitrogens is 1. The maximum Gasteiger partial charge on any atom is 0.301 e. The smallest absolute Gasteiger partial charge is 0.301 e. The van der Waals surface area contributed by atoms with E-state index < -0.39 is 17.7 Å². The number of Topliss-reactive ketones (excluding diaryl/α,β-unsaturated/α-hetero) is 1. The van der Waals surface area contributed by atoms with Gasteiger partial charge in [0.25, 0.3) is 5.78 Å². The molecule has 8 heteroatoms. The van der Waals surface area contributed by atoms with Crippen LogP contribution >= 0.6 is 15.9 Å². The molecule has 1 aliphatic heterocycles. The van der Waals surface area contributed by atoms with Gasteiger partial charge in [0, 0.05) is 16.1 Å². The highest BCUT2D eigenvalue weighted by atomic mass is 79.9. The number of ketones is 1. The third-order valence-corrected chi connectivity index (χ3v) is 5.33. The first-order chi connectivity index (χ1) is 14.4. The summed E-state index contributed by atoms with van der Waals surface area (Å²) in [6.45, 7) is 1.69. The van der Waals surface area contributed by atoms with Gasteiger partial charge in [-0.05, 0) is 48.9 Å². The van der Waals surface area contributed by atoms with Crippen molar-refractivity contribution in [2.75, 3.05) is 12.0 Å². The molecule has 1 aliphatic rings. The molecule has 7 nitrogen and oxygen atoms in total. The molecule has 2 heterocycles. The standard InChI is InChI=1S/C22H17BrN2O5/c1-12-10-17(24-30-12)25-19(14-4-3-5-15(23)11-14)18(21(27)22(25)28)20(26)13-6-8-16(29-2)9-7-13/h3-11,19,26H,1-2H3/b20-18+/t19-/m1/s1. The van der Waals surface area contributed by atoms with Gasteiger partial charge in [0.2, 0.25) is 0 Å². The lowest BCUT2D eigenvalue weighted by atomic mass is 9.95. The quantitative estimate of drug-likeness (QED) is 0.347. The zero-order chi connectivity index (χ0) is 21.4. The Kier molecular flexibility index (Phi) is 5.17. The second-order valence-electron chi connectivity index (χ2n) is 6.75. The number of nitrogens with zero attached hydrogens (tertiary/aromatic N) is 2. The van der Waals surface area contributed by atoms with Crippen LogP contribution in [0.5, 0.6) is 5.75 Å². The van der Waals surface area contributed by atoms with Crippen LogP contribution in [0.2, 0.25) is 0 Å². The van der Waals surface area contributed by atoms with E-state index >= 15 is 0 Å². The molecule has 1 N–H and O–H groups in total. The van der Waals surface area contributed by atoms with Crippen LogP contribution in [-0.2, 0) is 9.59 Å². The van der Waals surface area contributed by atoms with Crippen LogP contribution < -0.4 is 9.64 Å².